The van der Waals surface area contributed by atoms with Crippen molar-refractivity contribution in [2.75, 3.05) is 31.0 Å². The van der Waals surface area contributed by atoms with Crippen LogP contribution in [-0.4, -0.2) is 49.4 Å². The van der Waals surface area contributed by atoms with Gasteiger partial charge in [-0.1, -0.05) is 0 Å². The van der Waals surface area contributed by atoms with Crippen LogP contribution in [0.25, 0.3) is 0 Å². The molecule has 3 saturated heterocycles. The van der Waals surface area contributed by atoms with E-state index in [2.05, 4.69) is 5.32 Å². The molecule has 4 atom stereocenters. The molecule has 4 aliphatic heterocycles. The van der Waals surface area contributed by atoms with Crippen molar-refractivity contribution in [3.05, 3.63) is 47.8 Å². The number of carbonyl (C=O) groups excluding carboxylic acids is 3. The molecule has 0 aliphatic carbocycles. The van der Waals surface area contributed by atoms with Crippen LogP contribution >= 0.6 is 0 Å². The molecule has 3 fully saturated rings. The molecule has 4 unspecified atom stereocenters. The first-order valence-electron chi connectivity index (χ1n) is 10.9. The van der Waals surface area contributed by atoms with Gasteiger partial charge in [0.15, 0.2) is 0 Å². The number of benzene rings is 2. The number of halogens is 1. The highest BCUT2D eigenvalue weighted by Gasteiger charge is 2.74. The molecule has 0 bridgehead atoms. The van der Waals surface area contributed by atoms with Crippen molar-refractivity contribution in [3.63, 3.8) is 0 Å². The Morgan fingerprint density at radius 2 is 1.88 bits per heavy atom. The maximum Gasteiger partial charge on any atom is 0.250 e. The Hall–Kier alpha value is -3.46. The molecule has 8 nitrogen and oxygen atoms in total. The SMILES string of the molecule is COc1ccc(OC)c(N2C(=O)C3C4CCCN4C4(C(=O)Nc5ccc(F)cc54)C3C2=O)c1. The van der Waals surface area contributed by atoms with Gasteiger partial charge < -0.3 is 14.8 Å². The van der Waals surface area contributed by atoms with Crippen LogP contribution in [0.15, 0.2) is 36.4 Å². The van der Waals surface area contributed by atoms with Crippen LogP contribution in [0.5, 0.6) is 11.5 Å². The summed E-state index contributed by atoms with van der Waals surface area (Å²) >= 11 is 0. The summed E-state index contributed by atoms with van der Waals surface area (Å²) in [6.45, 7) is 0.560. The van der Waals surface area contributed by atoms with E-state index in [-0.39, 0.29) is 23.5 Å². The zero-order valence-electron chi connectivity index (χ0n) is 18.1. The van der Waals surface area contributed by atoms with Crippen LogP contribution < -0.4 is 19.7 Å². The average molecular weight is 451 g/mol. The Bertz CT molecular complexity index is 1230. The van der Waals surface area contributed by atoms with E-state index < -0.39 is 29.1 Å². The lowest BCUT2D eigenvalue weighted by molar-refractivity contribution is -0.135. The normalized spacial score (nSPS) is 30.0. The second-order valence-electron chi connectivity index (χ2n) is 8.87. The number of nitrogens with zero attached hydrogens (tertiary/aromatic N) is 2. The number of amides is 3. The van der Waals surface area contributed by atoms with E-state index >= 15 is 0 Å². The molecule has 0 aromatic heterocycles. The highest BCUT2D eigenvalue weighted by molar-refractivity contribution is 6.26. The van der Waals surface area contributed by atoms with Gasteiger partial charge in [-0.05, 0) is 49.7 Å². The Balaban J connectivity index is 1.56. The molecule has 0 saturated carbocycles. The first-order chi connectivity index (χ1) is 15.9. The molecule has 0 radical (unpaired) electrons. The summed E-state index contributed by atoms with van der Waals surface area (Å²) in [6, 6.07) is 8.72. The molecule has 9 heteroatoms. The summed E-state index contributed by atoms with van der Waals surface area (Å²) in [5.41, 5.74) is -0.242. The third kappa shape index (κ3) is 2.35. The van der Waals surface area contributed by atoms with E-state index in [0.717, 1.165) is 11.3 Å². The number of rotatable bonds is 3. The van der Waals surface area contributed by atoms with E-state index in [0.29, 0.717) is 35.7 Å². The summed E-state index contributed by atoms with van der Waals surface area (Å²) in [7, 11) is 2.95. The zero-order valence-corrected chi connectivity index (χ0v) is 18.1. The van der Waals surface area contributed by atoms with Crippen LogP contribution in [0.4, 0.5) is 15.8 Å². The summed E-state index contributed by atoms with van der Waals surface area (Å²) in [6.07, 6.45) is 1.47. The quantitative estimate of drug-likeness (QED) is 0.721. The van der Waals surface area contributed by atoms with E-state index in [9.17, 15) is 18.8 Å². The van der Waals surface area contributed by atoms with Crippen LogP contribution in [0.2, 0.25) is 0 Å². The number of ether oxygens (including phenoxy) is 2. The summed E-state index contributed by atoms with van der Waals surface area (Å²) in [4.78, 5) is 44.5. The maximum atomic E-state index is 14.4. The monoisotopic (exact) mass is 451 g/mol. The Morgan fingerprint density at radius 3 is 2.64 bits per heavy atom. The van der Waals surface area contributed by atoms with Gasteiger partial charge in [-0.2, -0.15) is 0 Å². The predicted octanol–water partition coefficient (Wildman–Crippen LogP) is 2.27. The second kappa shape index (κ2) is 6.77. The molecule has 2 aromatic carbocycles. The van der Waals surface area contributed by atoms with Crippen molar-refractivity contribution in [1.29, 1.82) is 0 Å². The van der Waals surface area contributed by atoms with Crippen molar-refractivity contribution >= 4 is 29.1 Å². The number of imide groups is 1. The topological polar surface area (TPSA) is 88.2 Å². The lowest BCUT2D eigenvalue weighted by Gasteiger charge is -2.36. The highest BCUT2D eigenvalue weighted by Crippen LogP contribution is 2.61. The lowest BCUT2D eigenvalue weighted by atomic mass is 9.75. The Kier molecular flexibility index (Phi) is 4.14. The minimum absolute atomic E-state index is 0.277. The molecule has 1 spiro atoms. The van der Waals surface area contributed by atoms with Gasteiger partial charge in [0.1, 0.15) is 22.9 Å². The Labute approximate surface area is 189 Å². The molecule has 6 rings (SSSR count). The van der Waals surface area contributed by atoms with Gasteiger partial charge in [0.05, 0.1) is 31.7 Å². The number of hydrogen-bond donors (Lipinski definition) is 1. The summed E-state index contributed by atoms with van der Waals surface area (Å²) in [5, 5.41) is 2.84. The highest BCUT2D eigenvalue weighted by atomic mass is 19.1. The van der Waals surface area contributed by atoms with Crippen molar-refractivity contribution in [2.45, 2.75) is 24.4 Å². The largest absolute Gasteiger partial charge is 0.497 e. The number of carbonyl (C=O) groups is 3. The molecule has 33 heavy (non-hydrogen) atoms. The van der Waals surface area contributed by atoms with Crippen LogP contribution in [0, 0.1) is 17.7 Å². The molecule has 1 N–H and O–H groups in total. The molecule has 170 valence electrons. The molecule has 4 heterocycles. The van der Waals surface area contributed by atoms with Crippen molar-refractivity contribution in [1.82, 2.24) is 4.90 Å². The second-order valence-corrected chi connectivity index (χ2v) is 8.87. The number of methoxy groups -OCH3 is 2. The van der Waals surface area contributed by atoms with Gasteiger partial charge in [-0.3, -0.25) is 19.3 Å². The Morgan fingerprint density at radius 1 is 1.06 bits per heavy atom. The maximum absolute atomic E-state index is 14.4. The first kappa shape index (κ1) is 20.2. The standard InChI is InChI=1S/C24H22FN3O5/c1-32-13-6-8-18(33-2)17(11-13)28-21(29)19-16-4-3-9-27(16)24(20(19)22(28)30)14-10-12(25)5-7-15(14)26-23(24)31/h5-8,10-11,16,19-20H,3-4,9H2,1-2H3,(H,26,31). The van der Waals surface area contributed by atoms with Crippen molar-refractivity contribution < 1.29 is 28.2 Å². The van der Waals surface area contributed by atoms with Gasteiger partial charge >= 0.3 is 0 Å². The number of hydrogen-bond acceptors (Lipinski definition) is 6. The summed E-state index contributed by atoms with van der Waals surface area (Å²) < 4.78 is 25.1. The number of anilines is 2. The van der Waals surface area contributed by atoms with Gasteiger partial charge in [0, 0.05) is 23.4 Å². The lowest BCUT2D eigenvalue weighted by Crippen LogP contribution is -2.54. The molecular formula is C24H22FN3O5. The van der Waals surface area contributed by atoms with Crippen LogP contribution in [0.3, 0.4) is 0 Å². The van der Waals surface area contributed by atoms with Crippen LogP contribution in [-0.2, 0) is 19.9 Å². The third-order valence-electron chi connectivity index (χ3n) is 7.58. The van der Waals surface area contributed by atoms with Gasteiger partial charge in [0.25, 0.3) is 0 Å². The molecule has 4 aliphatic rings. The van der Waals surface area contributed by atoms with Crippen LogP contribution in [0.1, 0.15) is 18.4 Å². The van der Waals surface area contributed by atoms with E-state index in [1.807, 2.05) is 4.90 Å². The van der Waals surface area contributed by atoms with E-state index in [1.54, 1.807) is 18.2 Å². The van der Waals surface area contributed by atoms with E-state index in [4.69, 9.17) is 9.47 Å². The minimum Gasteiger partial charge on any atom is -0.497 e. The van der Waals surface area contributed by atoms with Crippen molar-refractivity contribution in [2.24, 2.45) is 11.8 Å². The first-order valence-corrected chi connectivity index (χ1v) is 10.9. The number of nitrogens with one attached hydrogen (secondary N) is 1. The molecule has 3 amide bonds. The van der Waals surface area contributed by atoms with Gasteiger partial charge in [0.2, 0.25) is 17.7 Å². The predicted molar refractivity (Wildman–Crippen MR) is 115 cm³/mol. The fourth-order valence-electron chi connectivity index (χ4n) is 6.38. The fourth-order valence-corrected chi connectivity index (χ4v) is 6.38. The number of fused-ring (bicyclic) bond motifs is 7. The van der Waals surface area contributed by atoms with Crippen molar-refractivity contribution in [3.8, 4) is 11.5 Å². The average Bonchev–Trinajstić information content (AvgIpc) is 3.52. The zero-order chi connectivity index (χ0) is 23.1. The summed E-state index contributed by atoms with van der Waals surface area (Å²) in [5.74, 6) is -2.61. The molecular weight excluding hydrogens is 429 g/mol. The smallest absolute Gasteiger partial charge is 0.250 e. The van der Waals surface area contributed by atoms with Gasteiger partial charge in [-0.15, -0.1) is 0 Å². The fraction of sp³-hybridized carbons (Fsp3) is 0.375. The van der Waals surface area contributed by atoms with E-state index in [1.165, 1.54) is 32.4 Å². The third-order valence-corrected chi connectivity index (χ3v) is 7.58. The molecule has 2 aromatic rings. The minimum atomic E-state index is -1.42. The van der Waals surface area contributed by atoms with Gasteiger partial charge in [-0.25, -0.2) is 9.29 Å².